The lowest BCUT2D eigenvalue weighted by Gasteiger charge is -2.35. The van der Waals surface area contributed by atoms with Gasteiger partial charge in [0.1, 0.15) is 17.0 Å². The minimum absolute atomic E-state index is 0.0384. The Bertz CT molecular complexity index is 1310. The molecule has 0 atom stereocenters. The highest BCUT2D eigenvalue weighted by Gasteiger charge is 2.24. The summed E-state index contributed by atoms with van der Waals surface area (Å²) >= 11 is 1.73. The molecule has 2 aromatic heterocycles. The molecule has 1 N–H and O–H groups in total. The molecule has 6 nitrogen and oxygen atoms in total. The van der Waals surface area contributed by atoms with Gasteiger partial charge in [0, 0.05) is 36.7 Å². The molecule has 2 aromatic carbocycles. The van der Waals surface area contributed by atoms with Crippen molar-refractivity contribution in [1.82, 2.24) is 14.9 Å². The van der Waals surface area contributed by atoms with Crippen LogP contribution in [0.2, 0.25) is 0 Å². The Morgan fingerprint density at radius 1 is 0.941 bits per heavy atom. The zero-order valence-electron chi connectivity index (χ0n) is 19.8. The predicted octanol–water partition coefficient (Wildman–Crippen LogP) is 5.04. The van der Waals surface area contributed by atoms with E-state index >= 15 is 0 Å². The first-order valence-corrected chi connectivity index (χ1v) is 12.5. The Hall–Kier alpha value is -3.29. The number of piperazine rings is 1. The molecule has 7 heteroatoms. The summed E-state index contributed by atoms with van der Waals surface area (Å²) < 4.78 is 0. The number of hydrogen-bond acceptors (Lipinski definition) is 6. The van der Waals surface area contributed by atoms with E-state index < -0.39 is 0 Å². The van der Waals surface area contributed by atoms with Crippen molar-refractivity contribution in [2.24, 2.45) is 0 Å². The van der Waals surface area contributed by atoms with Crippen LogP contribution in [0.4, 0.5) is 11.5 Å². The summed E-state index contributed by atoms with van der Waals surface area (Å²) in [6.45, 7) is 9.93. The summed E-state index contributed by atoms with van der Waals surface area (Å²) in [4.78, 5) is 28.8. The van der Waals surface area contributed by atoms with Crippen molar-refractivity contribution < 1.29 is 4.79 Å². The van der Waals surface area contributed by atoms with E-state index in [2.05, 4.69) is 56.3 Å². The molecule has 4 aromatic rings. The van der Waals surface area contributed by atoms with E-state index in [0.717, 1.165) is 59.0 Å². The van der Waals surface area contributed by atoms with E-state index in [-0.39, 0.29) is 5.91 Å². The van der Waals surface area contributed by atoms with Gasteiger partial charge in [0.15, 0.2) is 0 Å². The van der Waals surface area contributed by atoms with Crippen molar-refractivity contribution in [3.63, 3.8) is 0 Å². The first kappa shape index (κ1) is 22.5. The van der Waals surface area contributed by atoms with Gasteiger partial charge < -0.3 is 10.2 Å². The summed E-state index contributed by atoms with van der Waals surface area (Å²) in [5.74, 6) is 1.04. The molecular formula is C27H29N5OS. The smallest absolute Gasteiger partial charge is 0.238 e. The second kappa shape index (κ2) is 9.52. The van der Waals surface area contributed by atoms with Crippen molar-refractivity contribution in [3.05, 3.63) is 71.5 Å². The van der Waals surface area contributed by atoms with Crippen LogP contribution in [-0.2, 0) is 4.79 Å². The fourth-order valence-electron chi connectivity index (χ4n) is 4.67. The molecule has 0 radical (unpaired) electrons. The van der Waals surface area contributed by atoms with E-state index in [1.807, 2.05) is 38.1 Å². The second-order valence-corrected chi connectivity index (χ2v) is 9.88. The highest BCUT2D eigenvalue weighted by molar-refractivity contribution is 7.22. The summed E-state index contributed by atoms with van der Waals surface area (Å²) in [6.07, 6.45) is 1.67. The molecule has 1 fully saturated rings. The number of anilines is 2. The first-order valence-electron chi connectivity index (χ1n) is 11.6. The number of thiophene rings is 1. The van der Waals surface area contributed by atoms with Crippen LogP contribution in [0.5, 0.6) is 0 Å². The second-order valence-electron chi connectivity index (χ2n) is 8.88. The van der Waals surface area contributed by atoms with E-state index in [9.17, 15) is 4.79 Å². The molecule has 1 aliphatic heterocycles. The van der Waals surface area contributed by atoms with E-state index in [0.29, 0.717) is 6.54 Å². The normalized spacial score (nSPS) is 14.5. The lowest BCUT2D eigenvalue weighted by atomic mass is 10.1. The molecule has 0 spiro atoms. The first-order chi connectivity index (χ1) is 16.5. The number of nitrogens with one attached hydrogen (secondary N) is 1. The van der Waals surface area contributed by atoms with Crippen molar-refractivity contribution >= 4 is 39.0 Å². The maximum Gasteiger partial charge on any atom is 0.238 e. The Morgan fingerprint density at radius 2 is 1.65 bits per heavy atom. The van der Waals surface area contributed by atoms with Gasteiger partial charge in [0.25, 0.3) is 0 Å². The van der Waals surface area contributed by atoms with Crippen molar-refractivity contribution in [1.29, 1.82) is 0 Å². The molecule has 0 aliphatic carbocycles. The minimum Gasteiger partial charge on any atom is -0.353 e. The zero-order valence-corrected chi connectivity index (χ0v) is 20.7. The topological polar surface area (TPSA) is 61.4 Å². The van der Waals surface area contributed by atoms with Crippen LogP contribution in [0.25, 0.3) is 20.7 Å². The van der Waals surface area contributed by atoms with Gasteiger partial charge in [-0.15, -0.1) is 11.3 Å². The summed E-state index contributed by atoms with van der Waals surface area (Å²) in [7, 11) is 0. The van der Waals surface area contributed by atoms with Crippen LogP contribution in [0.15, 0.2) is 54.9 Å². The highest BCUT2D eigenvalue weighted by atomic mass is 32.1. The Kier molecular flexibility index (Phi) is 6.30. The average Bonchev–Trinajstić information content (AvgIpc) is 3.19. The molecular weight excluding hydrogens is 442 g/mol. The Morgan fingerprint density at radius 3 is 2.35 bits per heavy atom. The molecule has 1 saturated heterocycles. The molecule has 0 unspecified atom stereocenters. The average molecular weight is 472 g/mol. The van der Waals surface area contributed by atoms with Gasteiger partial charge in [-0.1, -0.05) is 48.5 Å². The number of fused-ring (bicyclic) bond motifs is 1. The van der Waals surface area contributed by atoms with Gasteiger partial charge in [-0.2, -0.15) is 0 Å². The standard InChI is InChI=1S/C27H29N5OS/c1-18-8-7-9-19(2)24(18)30-22(33)16-31-12-14-32(15-13-31)26-23-20(3)25(21-10-5-4-6-11-21)34-27(23)29-17-28-26/h4-11,17H,12-16H2,1-3H3,(H,30,33). The van der Waals surface area contributed by atoms with Gasteiger partial charge in [0.05, 0.1) is 11.9 Å². The summed E-state index contributed by atoms with van der Waals surface area (Å²) in [5, 5.41) is 4.25. The maximum atomic E-state index is 12.7. The maximum absolute atomic E-state index is 12.7. The van der Waals surface area contributed by atoms with E-state index in [1.54, 1.807) is 17.7 Å². The third-order valence-electron chi connectivity index (χ3n) is 6.53. The third kappa shape index (κ3) is 4.41. The number of benzene rings is 2. The van der Waals surface area contributed by atoms with Crippen molar-refractivity contribution in [3.8, 4) is 10.4 Å². The van der Waals surface area contributed by atoms with Crippen LogP contribution >= 0.6 is 11.3 Å². The molecule has 34 heavy (non-hydrogen) atoms. The van der Waals surface area contributed by atoms with Crippen LogP contribution in [0, 0.1) is 20.8 Å². The summed E-state index contributed by atoms with van der Waals surface area (Å²) in [6, 6.07) is 16.5. The fraction of sp³-hybridized carbons (Fsp3) is 0.296. The largest absolute Gasteiger partial charge is 0.353 e. The fourth-order valence-corrected chi connectivity index (χ4v) is 5.82. The van der Waals surface area contributed by atoms with E-state index in [1.165, 1.54) is 16.0 Å². The van der Waals surface area contributed by atoms with Gasteiger partial charge in [-0.3, -0.25) is 9.69 Å². The number of carbonyl (C=O) groups is 1. The third-order valence-corrected chi connectivity index (χ3v) is 7.78. The molecule has 174 valence electrons. The van der Waals surface area contributed by atoms with Crippen LogP contribution < -0.4 is 10.2 Å². The van der Waals surface area contributed by atoms with Crippen molar-refractivity contribution in [2.75, 3.05) is 42.9 Å². The number of aryl methyl sites for hydroxylation is 3. The van der Waals surface area contributed by atoms with Crippen LogP contribution in [-0.4, -0.2) is 53.5 Å². The lowest BCUT2D eigenvalue weighted by molar-refractivity contribution is -0.117. The number of rotatable bonds is 5. The Labute approximate surface area is 204 Å². The van der Waals surface area contributed by atoms with Gasteiger partial charge in [-0.05, 0) is 43.0 Å². The monoisotopic (exact) mass is 471 g/mol. The lowest BCUT2D eigenvalue weighted by Crippen LogP contribution is -2.49. The number of amides is 1. The van der Waals surface area contributed by atoms with Gasteiger partial charge >= 0.3 is 0 Å². The van der Waals surface area contributed by atoms with Crippen LogP contribution in [0.1, 0.15) is 16.7 Å². The molecule has 1 aliphatic rings. The quantitative estimate of drug-likeness (QED) is 0.442. The van der Waals surface area contributed by atoms with Crippen LogP contribution in [0.3, 0.4) is 0 Å². The molecule has 3 heterocycles. The van der Waals surface area contributed by atoms with Gasteiger partial charge in [-0.25, -0.2) is 9.97 Å². The molecule has 1 amide bonds. The van der Waals surface area contributed by atoms with Gasteiger partial charge in [0.2, 0.25) is 5.91 Å². The SMILES string of the molecule is Cc1cccc(C)c1NC(=O)CN1CCN(c2ncnc3sc(-c4ccccc4)c(C)c23)CC1. The number of para-hydroxylation sites is 1. The molecule has 5 rings (SSSR count). The zero-order chi connectivity index (χ0) is 23.7. The number of carbonyl (C=O) groups excluding carboxylic acids is 1. The molecule has 0 bridgehead atoms. The predicted molar refractivity (Wildman–Crippen MR) is 141 cm³/mol. The van der Waals surface area contributed by atoms with Crippen molar-refractivity contribution in [2.45, 2.75) is 20.8 Å². The van der Waals surface area contributed by atoms with E-state index in [4.69, 9.17) is 0 Å². The number of nitrogens with zero attached hydrogens (tertiary/aromatic N) is 4. The Balaban J connectivity index is 1.28. The minimum atomic E-state index is 0.0384. The highest BCUT2D eigenvalue weighted by Crippen LogP contribution is 2.40. The summed E-state index contributed by atoms with van der Waals surface area (Å²) in [5.41, 5.74) is 5.56. The molecule has 0 saturated carbocycles. The number of aromatic nitrogens is 2. The number of hydrogen-bond donors (Lipinski definition) is 1.